The normalized spacial score (nSPS) is 9.82. The van der Waals surface area contributed by atoms with Gasteiger partial charge in [0, 0.05) is 17.7 Å². The quantitative estimate of drug-likeness (QED) is 0.0789. The van der Waals surface area contributed by atoms with E-state index in [0.717, 1.165) is 74.9 Å². The Morgan fingerprint density at radius 3 is 1.35 bits per heavy atom. The lowest BCUT2D eigenvalue weighted by Crippen LogP contribution is -2.02. The zero-order valence-corrected chi connectivity index (χ0v) is 23.5. The molecule has 0 atom stereocenters. The Kier molecular flexibility index (Phi) is 19.4. The van der Waals surface area contributed by atoms with Gasteiger partial charge in [-0.15, -0.1) is 0 Å². The smallest absolute Gasteiger partial charge is 0.330 e. The molecule has 0 amide bonds. The minimum atomic E-state index is -0.368. The number of carbonyl (C=O) groups is 3. The van der Waals surface area contributed by atoms with Crippen LogP contribution >= 0.6 is 0 Å². The van der Waals surface area contributed by atoms with Crippen molar-refractivity contribution in [2.24, 2.45) is 0 Å². The van der Waals surface area contributed by atoms with Crippen LogP contribution < -0.4 is 14.2 Å². The summed E-state index contributed by atoms with van der Waals surface area (Å²) in [5.74, 6) is 1.73. The van der Waals surface area contributed by atoms with Crippen LogP contribution in [0.2, 0.25) is 0 Å². The number of hydrogen-bond donors (Lipinski definition) is 0. The van der Waals surface area contributed by atoms with Crippen molar-refractivity contribution in [3.05, 3.63) is 79.4 Å². The molecule has 0 radical (unpaired) electrons. The minimum Gasteiger partial charge on any atom is -0.497 e. The third-order valence-corrected chi connectivity index (χ3v) is 5.51. The van der Waals surface area contributed by atoms with Gasteiger partial charge in [-0.25, -0.2) is 9.59 Å². The maximum absolute atomic E-state index is 10.8. The van der Waals surface area contributed by atoms with E-state index in [-0.39, 0.29) is 11.9 Å². The summed E-state index contributed by atoms with van der Waals surface area (Å²) >= 11 is 0. The van der Waals surface area contributed by atoms with Crippen molar-refractivity contribution in [1.82, 2.24) is 0 Å². The molecule has 2 rings (SSSR count). The topological polar surface area (TPSA) is 97.4 Å². The molecule has 8 heteroatoms. The molecule has 8 nitrogen and oxygen atoms in total. The van der Waals surface area contributed by atoms with Gasteiger partial charge in [-0.1, -0.05) is 13.2 Å². The third kappa shape index (κ3) is 17.4. The molecule has 2 aromatic rings. The Morgan fingerprint density at radius 1 is 0.600 bits per heavy atom. The van der Waals surface area contributed by atoms with Gasteiger partial charge in [0.2, 0.25) is 0 Å². The van der Waals surface area contributed by atoms with E-state index in [4.69, 9.17) is 23.7 Å². The molecule has 0 saturated heterocycles. The number of rotatable bonds is 20. The van der Waals surface area contributed by atoms with Crippen molar-refractivity contribution in [3.63, 3.8) is 0 Å². The molecule has 0 aliphatic carbocycles. The summed E-state index contributed by atoms with van der Waals surface area (Å²) in [7, 11) is 1.64. The van der Waals surface area contributed by atoms with Crippen LogP contribution in [0.25, 0.3) is 0 Å². The second-order valence-corrected chi connectivity index (χ2v) is 8.63. The first kappa shape index (κ1) is 34.0. The lowest BCUT2D eigenvalue weighted by molar-refractivity contribution is -0.138. The predicted octanol–water partition coefficient (Wildman–Crippen LogP) is 6.53. The molecule has 0 aromatic heterocycles. The van der Waals surface area contributed by atoms with E-state index in [1.165, 1.54) is 12.2 Å². The molecular weight excluding hydrogens is 512 g/mol. The highest BCUT2D eigenvalue weighted by Gasteiger charge is 1.99. The molecule has 0 heterocycles. The molecule has 0 saturated carbocycles. The first-order valence-electron chi connectivity index (χ1n) is 13.6. The lowest BCUT2D eigenvalue weighted by Gasteiger charge is -2.07. The van der Waals surface area contributed by atoms with E-state index in [9.17, 15) is 14.4 Å². The van der Waals surface area contributed by atoms with Gasteiger partial charge in [-0.2, -0.15) is 0 Å². The van der Waals surface area contributed by atoms with Crippen LogP contribution in [0, 0.1) is 0 Å². The molecule has 218 valence electrons. The first-order chi connectivity index (χ1) is 19.5. The molecule has 0 spiro atoms. The molecule has 2 aromatic carbocycles. The average molecular weight is 555 g/mol. The largest absolute Gasteiger partial charge is 0.497 e. The van der Waals surface area contributed by atoms with Gasteiger partial charge in [0.1, 0.15) is 23.5 Å². The number of benzene rings is 2. The van der Waals surface area contributed by atoms with Gasteiger partial charge in [-0.3, -0.25) is 4.79 Å². The standard InChI is InChI=1S/C16H22O4.C16H20O4/c1-3-16(17)20-13-7-5-4-6-12-19-15-10-8-14(18-2)9-11-15;1-2-16(18)20-12-6-4-3-5-11-19-15-9-7-14(13-17)8-10-15/h3,8-11H,1,4-7,12-13H2,2H3;2,7-10,13H,1,3-6,11-12H2. The van der Waals surface area contributed by atoms with Crippen LogP contribution in [-0.4, -0.2) is 51.8 Å². The lowest BCUT2D eigenvalue weighted by atomic mass is 10.2. The monoisotopic (exact) mass is 554 g/mol. The van der Waals surface area contributed by atoms with E-state index in [1.807, 2.05) is 24.3 Å². The molecular formula is C32H42O8. The minimum absolute atomic E-state index is 0.354. The van der Waals surface area contributed by atoms with E-state index < -0.39 is 0 Å². The van der Waals surface area contributed by atoms with Crippen LogP contribution in [0.4, 0.5) is 0 Å². The summed E-state index contributed by atoms with van der Waals surface area (Å²) in [4.78, 5) is 32.0. The van der Waals surface area contributed by atoms with Gasteiger partial charge >= 0.3 is 11.9 Å². The van der Waals surface area contributed by atoms with E-state index in [2.05, 4.69) is 13.2 Å². The molecule has 0 aliphatic rings. The maximum Gasteiger partial charge on any atom is 0.330 e. The SMILES string of the molecule is C=CC(=O)OCCCCCCOc1ccc(C=O)cc1.C=CC(=O)OCCCCCCOc1ccc(OC)cc1. The molecule has 0 unspecified atom stereocenters. The summed E-state index contributed by atoms with van der Waals surface area (Å²) in [5, 5.41) is 0. The Balaban J connectivity index is 0.000000400. The Hall–Kier alpha value is -4.07. The summed E-state index contributed by atoms with van der Waals surface area (Å²) in [6.45, 7) is 8.91. The third-order valence-electron chi connectivity index (χ3n) is 5.51. The van der Waals surface area contributed by atoms with Gasteiger partial charge in [-0.05, 0) is 99.9 Å². The molecule has 0 aliphatic heterocycles. The van der Waals surface area contributed by atoms with Crippen molar-refractivity contribution < 1.29 is 38.1 Å². The molecule has 0 bridgehead atoms. The Labute approximate surface area is 237 Å². The molecule has 0 fully saturated rings. The van der Waals surface area contributed by atoms with Crippen molar-refractivity contribution in [2.75, 3.05) is 33.5 Å². The second-order valence-electron chi connectivity index (χ2n) is 8.63. The van der Waals surface area contributed by atoms with Gasteiger partial charge in [0.15, 0.2) is 0 Å². The fourth-order valence-electron chi connectivity index (χ4n) is 3.27. The number of carbonyl (C=O) groups excluding carboxylic acids is 3. The number of ether oxygens (including phenoxy) is 5. The Bertz CT molecular complexity index is 983. The van der Waals surface area contributed by atoms with Crippen LogP contribution in [0.3, 0.4) is 0 Å². The van der Waals surface area contributed by atoms with Gasteiger partial charge in [0.05, 0.1) is 33.5 Å². The van der Waals surface area contributed by atoms with Crippen LogP contribution in [0.1, 0.15) is 61.7 Å². The zero-order valence-electron chi connectivity index (χ0n) is 23.5. The van der Waals surface area contributed by atoms with Gasteiger partial charge in [0.25, 0.3) is 0 Å². The predicted molar refractivity (Wildman–Crippen MR) is 155 cm³/mol. The Morgan fingerprint density at radius 2 is 0.975 bits per heavy atom. The van der Waals surface area contributed by atoms with Crippen LogP contribution in [0.15, 0.2) is 73.8 Å². The summed E-state index contributed by atoms with van der Waals surface area (Å²) in [6.07, 6.45) is 10.9. The number of esters is 2. The van der Waals surface area contributed by atoms with E-state index >= 15 is 0 Å². The first-order valence-corrected chi connectivity index (χ1v) is 13.6. The van der Waals surface area contributed by atoms with Gasteiger partial charge < -0.3 is 23.7 Å². The number of aldehydes is 1. The number of unbranched alkanes of at least 4 members (excludes halogenated alkanes) is 6. The average Bonchev–Trinajstić information content (AvgIpc) is 3.00. The van der Waals surface area contributed by atoms with Crippen LogP contribution in [0.5, 0.6) is 17.2 Å². The second kappa shape index (κ2) is 22.9. The number of methoxy groups -OCH3 is 1. The highest BCUT2D eigenvalue weighted by molar-refractivity contribution is 5.81. The fraction of sp³-hybridized carbons (Fsp3) is 0.406. The molecule has 0 N–H and O–H groups in total. The highest BCUT2D eigenvalue weighted by Crippen LogP contribution is 2.17. The van der Waals surface area contributed by atoms with Crippen molar-refractivity contribution in [3.8, 4) is 17.2 Å². The summed E-state index contributed by atoms with van der Waals surface area (Å²) in [6, 6.07) is 14.6. The highest BCUT2D eigenvalue weighted by atomic mass is 16.5. The summed E-state index contributed by atoms with van der Waals surface area (Å²) in [5.41, 5.74) is 0.645. The van der Waals surface area contributed by atoms with Crippen LogP contribution in [-0.2, 0) is 19.1 Å². The van der Waals surface area contributed by atoms with E-state index in [1.54, 1.807) is 31.4 Å². The van der Waals surface area contributed by atoms with E-state index in [0.29, 0.717) is 32.0 Å². The van der Waals surface area contributed by atoms with Crippen molar-refractivity contribution >= 4 is 18.2 Å². The van der Waals surface area contributed by atoms with Crippen molar-refractivity contribution in [2.45, 2.75) is 51.4 Å². The number of hydrogen-bond acceptors (Lipinski definition) is 8. The molecule has 40 heavy (non-hydrogen) atoms. The zero-order chi connectivity index (χ0) is 29.3. The fourth-order valence-corrected chi connectivity index (χ4v) is 3.27. The summed E-state index contributed by atoms with van der Waals surface area (Å²) < 4.78 is 26.0. The van der Waals surface area contributed by atoms with Crippen molar-refractivity contribution in [1.29, 1.82) is 0 Å². The maximum atomic E-state index is 10.8.